The SMILES string of the molecule is CCC1(CC)CCCCC1.N=C=S. The predicted octanol–water partition coefficient (Wildman–Crippen LogP) is 4.42. The molecule has 0 aromatic heterocycles. The molecule has 13 heavy (non-hydrogen) atoms. The third kappa shape index (κ3) is 4.54. The second-order valence-corrected chi connectivity index (χ2v) is 4.07. The fourth-order valence-electron chi connectivity index (χ4n) is 2.26. The Kier molecular flexibility index (Phi) is 7.12. The van der Waals surface area contributed by atoms with Crippen molar-refractivity contribution in [2.75, 3.05) is 0 Å². The highest BCUT2D eigenvalue weighted by molar-refractivity contribution is 7.78. The van der Waals surface area contributed by atoms with Crippen molar-refractivity contribution in [2.24, 2.45) is 5.41 Å². The molecule has 0 saturated heterocycles. The van der Waals surface area contributed by atoms with E-state index in [0.29, 0.717) is 0 Å². The largest absolute Gasteiger partial charge is 0.248 e. The minimum absolute atomic E-state index is 0.762. The summed E-state index contributed by atoms with van der Waals surface area (Å²) in [5.41, 5.74) is 0.762. The van der Waals surface area contributed by atoms with E-state index in [2.05, 4.69) is 26.1 Å². The Balaban J connectivity index is 0.000000424. The smallest absolute Gasteiger partial charge is 0.0554 e. The molecule has 76 valence electrons. The third-order valence-corrected chi connectivity index (χ3v) is 3.41. The van der Waals surface area contributed by atoms with Crippen molar-refractivity contribution in [3.63, 3.8) is 0 Å². The van der Waals surface area contributed by atoms with Crippen molar-refractivity contribution < 1.29 is 0 Å². The second kappa shape index (κ2) is 7.23. The first-order valence-electron chi connectivity index (χ1n) is 5.28. The van der Waals surface area contributed by atoms with Crippen molar-refractivity contribution in [3.05, 3.63) is 0 Å². The lowest BCUT2D eigenvalue weighted by molar-refractivity contribution is 0.173. The van der Waals surface area contributed by atoms with E-state index in [-0.39, 0.29) is 0 Å². The van der Waals surface area contributed by atoms with Gasteiger partial charge < -0.3 is 0 Å². The molecule has 0 amide bonds. The van der Waals surface area contributed by atoms with E-state index in [9.17, 15) is 0 Å². The molecule has 0 atom stereocenters. The third-order valence-electron chi connectivity index (χ3n) is 3.41. The lowest BCUT2D eigenvalue weighted by Crippen LogP contribution is -2.21. The molecule has 1 aliphatic rings. The summed E-state index contributed by atoms with van der Waals surface area (Å²) in [6, 6.07) is 0. The minimum Gasteiger partial charge on any atom is -0.248 e. The number of hydrogen-bond acceptors (Lipinski definition) is 2. The molecule has 1 nitrogen and oxygen atoms in total. The second-order valence-electron chi connectivity index (χ2n) is 3.87. The molecule has 1 saturated carbocycles. The van der Waals surface area contributed by atoms with Crippen molar-refractivity contribution in [3.8, 4) is 0 Å². The van der Waals surface area contributed by atoms with Gasteiger partial charge in [-0.05, 0) is 30.5 Å². The fraction of sp³-hybridized carbons (Fsp3) is 0.909. The maximum absolute atomic E-state index is 5.77. The van der Waals surface area contributed by atoms with Gasteiger partial charge in [-0.1, -0.05) is 46.0 Å². The zero-order chi connectivity index (χ0) is 10.2. The molecule has 1 fully saturated rings. The first-order valence-corrected chi connectivity index (χ1v) is 5.69. The Morgan fingerprint density at radius 1 is 1.15 bits per heavy atom. The molecule has 0 aromatic rings. The maximum Gasteiger partial charge on any atom is 0.0554 e. The van der Waals surface area contributed by atoms with Crippen LogP contribution in [-0.2, 0) is 0 Å². The van der Waals surface area contributed by atoms with E-state index in [1.165, 1.54) is 44.9 Å². The summed E-state index contributed by atoms with van der Waals surface area (Å²) in [4.78, 5) is 0. The van der Waals surface area contributed by atoms with Gasteiger partial charge in [0.25, 0.3) is 0 Å². The zero-order valence-corrected chi connectivity index (χ0v) is 9.67. The molecular formula is C11H21NS. The Morgan fingerprint density at radius 2 is 1.54 bits per heavy atom. The Labute approximate surface area is 87.4 Å². The van der Waals surface area contributed by atoms with Gasteiger partial charge in [0.15, 0.2) is 0 Å². The predicted molar refractivity (Wildman–Crippen MR) is 61.4 cm³/mol. The molecule has 2 heteroatoms. The number of rotatable bonds is 2. The molecule has 0 unspecified atom stereocenters. The summed E-state index contributed by atoms with van der Waals surface area (Å²) >= 11 is 3.81. The summed E-state index contributed by atoms with van der Waals surface area (Å²) in [5, 5.41) is 7.36. The van der Waals surface area contributed by atoms with Crippen LogP contribution in [0.3, 0.4) is 0 Å². The normalized spacial score (nSPS) is 19.5. The monoisotopic (exact) mass is 199 g/mol. The number of thiocarbonyl (C=S) groups is 1. The summed E-state index contributed by atoms with van der Waals surface area (Å²) in [5.74, 6) is 0. The number of isothiocyanates is 1. The van der Waals surface area contributed by atoms with E-state index < -0.39 is 0 Å². The van der Waals surface area contributed by atoms with E-state index in [0.717, 1.165) is 5.41 Å². The summed E-state index contributed by atoms with van der Waals surface area (Å²) in [6.07, 6.45) is 10.3. The molecule has 0 spiro atoms. The van der Waals surface area contributed by atoms with Gasteiger partial charge >= 0.3 is 0 Å². The van der Waals surface area contributed by atoms with Crippen LogP contribution in [-0.4, -0.2) is 5.16 Å². The molecule has 0 aliphatic heterocycles. The van der Waals surface area contributed by atoms with Crippen LogP contribution < -0.4 is 0 Å². The van der Waals surface area contributed by atoms with Gasteiger partial charge in [0.05, 0.1) is 5.16 Å². The highest BCUT2D eigenvalue weighted by Crippen LogP contribution is 2.41. The van der Waals surface area contributed by atoms with Gasteiger partial charge in [-0.25, -0.2) is 5.41 Å². The lowest BCUT2D eigenvalue weighted by atomic mass is 9.71. The van der Waals surface area contributed by atoms with Gasteiger partial charge in [-0.3, -0.25) is 0 Å². The number of hydrogen-bond donors (Lipinski definition) is 1. The molecule has 0 bridgehead atoms. The van der Waals surface area contributed by atoms with Crippen molar-refractivity contribution >= 4 is 17.4 Å². The molecule has 1 rings (SSSR count). The summed E-state index contributed by atoms with van der Waals surface area (Å²) in [7, 11) is 0. The van der Waals surface area contributed by atoms with Crippen LogP contribution in [0.4, 0.5) is 0 Å². The Bertz CT molecular complexity index is 147. The van der Waals surface area contributed by atoms with Crippen LogP contribution in [0.5, 0.6) is 0 Å². The average molecular weight is 199 g/mol. The van der Waals surface area contributed by atoms with Crippen LogP contribution in [0, 0.1) is 10.8 Å². The Morgan fingerprint density at radius 3 is 1.77 bits per heavy atom. The maximum atomic E-state index is 5.77. The van der Waals surface area contributed by atoms with E-state index in [4.69, 9.17) is 5.41 Å². The molecule has 1 aliphatic carbocycles. The topological polar surface area (TPSA) is 23.9 Å². The summed E-state index contributed by atoms with van der Waals surface area (Å²) in [6.45, 7) is 4.71. The molecule has 1 N–H and O–H groups in total. The molecule has 0 heterocycles. The van der Waals surface area contributed by atoms with Gasteiger partial charge in [-0.15, -0.1) is 0 Å². The highest BCUT2D eigenvalue weighted by atomic mass is 32.1. The van der Waals surface area contributed by atoms with Crippen LogP contribution >= 0.6 is 12.2 Å². The Hall–Kier alpha value is -0.200. The highest BCUT2D eigenvalue weighted by Gasteiger charge is 2.27. The van der Waals surface area contributed by atoms with Gasteiger partial charge in [0.1, 0.15) is 0 Å². The summed E-state index contributed by atoms with van der Waals surface area (Å²) < 4.78 is 0. The zero-order valence-electron chi connectivity index (χ0n) is 8.86. The standard InChI is InChI=1S/C10H20.CHNS/c1-3-10(4-2)8-6-5-7-9-10;2-1-3/h3-9H2,1-2H3;2H. The van der Waals surface area contributed by atoms with Gasteiger partial charge in [-0.2, -0.15) is 0 Å². The quantitative estimate of drug-likeness (QED) is 0.516. The van der Waals surface area contributed by atoms with Crippen molar-refractivity contribution in [1.82, 2.24) is 0 Å². The van der Waals surface area contributed by atoms with Crippen molar-refractivity contribution in [2.45, 2.75) is 58.8 Å². The first-order chi connectivity index (χ1) is 6.24. The minimum atomic E-state index is 0.762. The average Bonchev–Trinajstić information content (AvgIpc) is 2.20. The molecule has 0 radical (unpaired) electrons. The number of nitrogens with one attached hydrogen (secondary N) is 1. The first kappa shape index (κ1) is 12.8. The fourth-order valence-corrected chi connectivity index (χ4v) is 2.26. The van der Waals surface area contributed by atoms with Crippen LogP contribution in [0.15, 0.2) is 0 Å². The molecular weight excluding hydrogens is 178 g/mol. The van der Waals surface area contributed by atoms with E-state index in [1.54, 1.807) is 5.16 Å². The van der Waals surface area contributed by atoms with E-state index >= 15 is 0 Å². The van der Waals surface area contributed by atoms with Crippen LogP contribution in [0.25, 0.3) is 0 Å². The van der Waals surface area contributed by atoms with Crippen LogP contribution in [0.2, 0.25) is 0 Å². The van der Waals surface area contributed by atoms with Crippen LogP contribution in [0.1, 0.15) is 58.8 Å². The van der Waals surface area contributed by atoms with Gasteiger partial charge in [0.2, 0.25) is 0 Å². The van der Waals surface area contributed by atoms with E-state index in [1.807, 2.05) is 0 Å². The molecule has 0 aromatic carbocycles. The van der Waals surface area contributed by atoms with Gasteiger partial charge in [0, 0.05) is 0 Å². The van der Waals surface area contributed by atoms with Crippen molar-refractivity contribution in [1.29, 1.82) is 5.41 Å². The lowest BCUT2D eigenvalue weighted by Gasteiger charge is -2.35.